The van der Waals surface area contributed by atoms with Gasteiger partial charge in [0, 0.05) is 17.7 Å². The number of aliphatic hydroxyl groups excluding tert-OH is 1. The lowest BCUT2D eigenvalue weighted by atomic mass is 9.92. The molecule has 0 aliphatic carbocycles. The predicted octanol–water partition coefficient (Wildman–Crippen LogP) is -0.00640. The topological polar surface area (TPSA) is 167 Å². The SMILES string of the molecule is C1CC[NH2+]CC1.O=C1c2c(O)cc(O)cc2O[C@H](c2cc(O)c([O-])c(O)c2)[C@H]1O. The third-order valence-electron chi connectivity index (χ3n) is 4.84. The average Bonchev–Trinajstić information content (AvgIpc) is 2.69. The number of carbonyl (C=O) groups is 1. The summed E-state index contributed by atoms with van der Waals surface area (Å²) in [5.74, 6) is -4.48. The van der Waals surface area contributed by atoms with Crippen LogP contribution in [-0.2, 0) is 0 Å². The molecule has 2 aliphatic heterocycles. The highest BCUT2D eigenvalue weighted by molar-refractivity contribution is 6.05. The van der Waals surface area contributed by atoms with Gasteiger partial charge in [-0.05, 0) is 37.1 Å². The van der Waals surface area contributed by atoms with E-state index in [1.165, 1.54) is 32.4 Å². The lowest BCUT2D eigenvalue weighted by Gasteiger charge is -2.30. The summed E-state index contributed by atoms with van der Waals surface area (Å²) in [6.45, 7) is 2.75. The third kappa shape index (κ3) is 4.30. The van der Waals surface area contributed by atoms with Crippen molar-refractivity contribution < 1.29 is 45.5 Å². The summed E-state index contributed by atoms with van der Waals surface area (Å²) >= 11 is 0. The number of carbonyl (C=O) groups excluding carboxylic acids is 1. The standard InChI is InChI=1S/C15H12O8.C5H11N/c16-6-3-7(17)11-10(4-6)23-15(14(22)13(11)21)5-1-8(18)12(20)9(19)2-5;1-2-4-6-5-3-1/h1-4,14-20,22H;6H,1-5H2/t14-,15+;/m0./s1. The highest BCUT2D eigenvalue weighted by Gasteiger charge is 2.39. The van der Waals surface area contributed by atoms with Gasteiger partial charge in [0.25, 0.3) is 0 Å². The van der Waals surface area contributed by atoms with Crippen molar-refractivity contribution in [3.63, 3.8) is 0 Å². The zero-order chi connectivity index (χ0) is 21.1. The first-order chi connectivity index (χ1) is 13.8. The summed E-state index contributed by atoms with van der Waals surface area (Å²) in [5, 5.41) is 61.9. The molecular weight excluding hydrogens is 382 g/mol. The third-order valence-corrected chi connectivity index (χ3v) is 4.84. The molecule has 2 aliphatic rings. The summed E-state index contributed by atoms with van der Waals surface area (Å²) in [6.07, 6.45) is 1.28. The van der Waals surface area contributed by atoms with E-state index in [2.05, 4.69) is 5.32 Å². The molecule has 0 unspecified atom stereocenters. The second kappa shape index (κ2) is 8.46. The number of aromatic hydroxyl groups is 4. The highest BCUT2D eigenvalue weighted by Crippen LogP contribution is 2.44. The van der Waals surface area contributed by atoms with Gasteiger partial charge in [-0.25, -0.2) is 0 Å². The fourth-order valence-corrected chi connectivity index (χ4v) is 3.35. The normalized spacial score (nSPS) is 20.8. The number of ketones is 1. The van der Waals surface area contributed by atoms with Crippen LogP contribution in [0.4, 0.5) is 0 Å². The maximum atomic E-state index is 12.2. The number of rotatable bonds is 1. The van der Waals surface area contributed by atoms with Crippen LogP contribution >= 0.6 is 0 Å². The number of phenolic OH excluding ortho intramolecular Hbond substituents is 4. The first-order valence-corrected chi connectivity index (χ1v) is 9.29. The van der Waals surface area contributed by atoms with Crippen molar-refractivity contribution in [2.75, 3.05) is 13.1 Å². The van der Waals surface area contributed by atoms with Gasteiger partial charge in [0.15, 0.2) is 12.2 Å². The van der Waals surface area contributed by atoms with Crippen molar-refractivity contribution in [1.29, 1.82) is 0 Å². The molecule has 1 fully saturated rings. The molecule has 0 spiro atoms. The lowest BCUT2D eigenvalue weighted by molar-refractivity contribution is -0.662. The monoisotopic (exact) mass is 405 g/mol. The van der Waals surface area contributed by atoms with Crippen LogP contribution in [-0.4, -0.2) is 50.5 Å². The number of ether oxygens (including phenoxy) is 1. The molecule has 0 aromatic heterocycles. The smallest absolute Gasteiger partial charge is 0.202 e. The molecule has 9 heteroatoms. The van der Waals surface area contributed by atoms with Crippen molar-refractivity contribution in [2.45, 2.75) is 31.5 Å². The van der Waals surface area contributed by atoms with Crippen molar-refractivity contribution >= 4 is 5.78 Å². The number of quaternary nitrogens is 1. The van der Waals surface area contributed by atoms with Gasteiger partial charge in [0.05, 0.1) is 13.1 Å². The number of Topliss-reactive ketones (excluding diaryl/α,β-unsaturated/α-hetero) is 1. The Morgan fingerprint density at radius 3 is 2.07 bits per heavy atom. The van der Waals surface area contributed by atoms with E-state index in [9.17, 15) is 35.4 Å². The zero-order valence-electron chi connectivity index (χ0n) is 15.5. The van der Waals surface area contributed by atoms with Gasteiger partial charge >= 0.3 is 0 Å². The molecule has 29 heavy (non-hydrogen) atoms. The van der Waals surface area contributed by atoms with Crippen LogP contribution in [0.3, 0.4) is 0 Å². The Kier molecular flexibility index (Phi) is 6.00. The lowest BCUT2D eigenvalue weighted by Crippen LogP contribution is -2.85. The summed E-state index contributed by atoms with van der Waals surface area (Å²) < 4.78 is 5.40. The first kappa shape index (κ1) is 20.6. The molecule has 156 valence electrons. The van der Waals surface area contributed by atoms with Gasteiger partial charge in [-0.1, -0.05) is 0 Å². The Labute approximate surface area is 166 Å². The molecule has 0 saturated carbocycles. The molecule has 0 bridgehead atoms. The number of fused-ring (bicyclic) bond motifs is 1. The summed E-state index contributed by atoms with van der Waals surface area (Å²) in [6, 6.07) is 3.91. The Bertz CT molecular complexity index is 875. The first-order valence-electron chi connectivity index (χ1n) is 9.29. The molecule has 2 aromatic rings. The minimum atomic E-state index is -1.74. The molecule has 1 saturated heterocycles. The number of aliphatic hydroxyl groups is 1. The Morgan fingerprint density at radius 2 is 1.55 bits per heavy atom. The molecule has 2 aromatic carbocycles. The number of nitrogens with two attached hydrogens (primary N) is 1. The second-order valence-electron chi connectivity index (χ2n) is 7.00. The molecule has 0 amide bonds. The molecule has 2 atom stereocenters. The molecular formula is C20H23NO8. The summed E-state index contributed by atoms with van der Waals surface area (Å²) in [4.78, 5) is 12.2. The van der Waals surface area contributed by atoms with Gasteiger partial charge in [-0.15, -0.1) is 0 Å². The maximum absolute atomic E-state index is 12.2. The van der Waals surface area contributed by atoms with Crippen molar-refractivity contribution in [2.24, 2.45) is 0 Å². The predicted molar refractivity (Wildman–Crippen MR) is 98.2 cm³/mol. The van der Waals surface area contributed by atoms with Crippen molar-refractivity contribution in [3.05, 3.63) is 35.4 Å². The largest absolute Gasteiger partial charge is 0.867 e. The summed E-state index contributed by atoms with van der Waals surface area (Å²) in [7, 11) is 0. The molecule has 4 rings (SSSR count). The number of hydrogen-bond donors (Lipinski definition) is 6. The van der Waals surface area contributed by atoms with E-state index in [4.69, 9.17) is 4.74 Å². The molecule has 0 radical (unpaired) electrons. The quantitative estimate of drug-likeness (QED) is 0.385. The van der Waals surface area contributed by atoms with Crippen LogP contribution in [0.15, 0.2) is 24.3 Å². The van der Waals surface area contributed by atoms with Gasteiger partial charge < -0.3 is 40.7 Å². The van der Waals surface area contributed by atoms with Crippen LogP contribution in [0.1, 0.15) is 41.3 Å². The van der Waals surface area contributed by atoms with E-state index in [1.54, 1.807) is 0 Å². The number of benzene rings is 2. The van der Waals surface area contributed by atoms with Gasteiger partial charge in [0.1, 0.15) is 34.3 Å². The molecule has 9 nitrogen and oxygen atoms in total. The minimum Gasteiger partial charge on any atom is -0.867 e. The van der Waals surface area contributed by atoms with Crippen LogP contribution in [0.25, 0.3) is 0 Å². The van der Waals surface area contributed by atoms with Gasteiger partial charge in [-0.3, -0.25) is 4.79 Å². The van der Waals surface area contributed by atoms with E-state index in [0.717, 1.165) is 24.3 Å². The number of piperidine rings is 1. The van der Waals surface area contributed by atoms with Crippen LogP contribution in [0.2, 0.25) is 0 Å². The fourth-order valence-electron chi connectivity index (χ4n) is 3.35. The average molecular weight is 405 g/mol. The Balaban J connectivity index is 0.000000343. The highest BCUT2D eigenvalue weighted by atomic mass is 16.5. The van der Waals surface area contributed by atoms with Crippen molar-refractivity contribution in [3.8, 4) is 34.5 Å². The Morgan fingerprint density at radius 1 is 0.931 bits per heavy atom. The Hall–Kier alpha value is -3.17. The van der Waals surface area contributed by atoms with E-state index in [-0.39, 0.29) is 22.6 Å². The van der Waals surface area contributed by atoms with E-state index >= 15 is 0 Å². The van der Waals surface area contributed by atoms with Crippen LogP contribution < -0.4 is 15.2 Å². The minimum absolute atomic E-state index is 0.0195. The number of phenols is 4. The second-order valence-corrected chi connectivity index (χ2v) is 7.00. The van der Waals surface area contributed by atoms with Crippen LogP contribution in [0, 0.1) is 0 Å². The molecule has 2 heterocycles. The van der Waals surface area contributed by atoms with E-state index < -0.39 is 41.0 Å². The zero-order valence-corrected chi connectivity index (χ0v) is 15.5. The van der Waals surface area contributed by atoms with Crippen LogP contribution in [0.5, 0.6) is 34.5 Å². The van der Waals surface area contributed by atoms with E-state index in [1.807, 2.05) is 0 Å². The van der Waals surface area contributed by atoms with Gasteiger partial charge in [0.2, 0.25) is 5.78 Å². The van der Waals surface area contributed by atoms with Crippen molar-refractivity contribution in [1.82, 2.24) is 0 Å². The maximum Gasteiger partial charge on any atom is 0.202 e. The number of hydrogen-bond acceptors (Lipinski definition) is 8. The fraction of sp³-hybridized carbons (Fsp3) is 0.350. The summed E-state index contributed by atoms with van der Waals surface area (Å²) in [5.41, 5.74) is -0.311. The van der Waals surface area contributed by atoms with Gasteiger partial charge in [-0.2, -0.15) is 0 Å². The molecule has 7 N–H and O–H groups in total. The van der Waals surface area contributed by atoms with E-state index in [0.29, 0.717) is 0 Å².